The Bertz CT molecular complexity index is 1180. The first-order chi connectivity index (χ1) is 13.7. The second kappa shape index (κ2) is 6.49. The van der Waals surface area contributed by atoms with E-state index in [2.05, 4.69) is 9.97 Å². The Morgan fingerprint density at radius 1 is 1.14 bits per heavy atom. The number of benzene rings is 2. The van der Waals surface area contributed by atoms with E-state index in [-0.39, 0.29) is 5.91 Å². The van der Waals surface area contributed by atoms with Gasteiger partial charge in [-0.15, -0.1) is 0 Å². The molecule has 6 nitrogen and oxygen atoms in total. The molecule has 0 saturated heterocycles. The Labute approximate surface area is 161 Å². The van der Waals surface area contributed by atoms with Gasteiger partial charge < -0.3 is 14.1 Å². The van der Waals surface area contributed by atoms with Gasteiger partial charge in [0.2, 0.25) is 5.89 Å². The van der Waals surface area contributed by atoms with Crippen molar-refractivity contribution in [1.82, 2.24) is 9.97 Å². The summed E-state index contributed by atoms with van der Waals surface area (Å²) >= 11 is 0. The number of hydrogen-bond donors (Lipinski definition) is 0. The van der Waals surface area contributed by atoms with Crippen molar-refractivity contribution in [2.24, 2.45) is 0 Å². The van der Waals surface area contributed by atoms with Crippen LogP contribution in [0.4, 0.5) is 5.69 Å². The Morgan fingerprint density at radius 2 is 2.07 bits per heavy atom. The lowest BCUT2D eigenvalue weighted by atomic mass is 9.98. The fourth-order valence-electron chi connectivity index (χ4n) is 3.53. The zero-order valence-corrected chi connectivity index (χ0v) is 15.3. The number of oxazole rings is 1. The van der Waals surface area contributed by atoms with Gasteiger partial charge in [-0.25, -0.2) is 4.98 Å². The number of fused-ring (bicyclic) bond motifs is 2. The van der Waals surface area contributed by atoms with Gasteiger partial charge in [-0.3, -0.25) is 9.78 Å². The molecule has 1 aliphatic rings. The van der Waals surface area contributed by atoms with Crippen LogP contribution in [-0.2, 0) is 6.42 Å². The molecule has 4 aromatic rings. The number of anilines is 1. The van der Waals surface area contributed by atoms with Gasteiger partial charge in [-0.05, 0) is 60.5 Å². The molecule has 0 aliphatic carbocycles. The topological polar surface area (TPSA) is 68.5 Å². The fraction of sp³-hybridized carbons (Fsp3) is 0.136. The average Bonchev–Trinajstić information content (AvgIpc) is 3.18. The predicted octanol–water partition coefficient (Wildman–Crippen LogP) is 4.10. The van der Waals surface area contributed by atoms with Crippen LogP contribution in [-0.4, -0.2) is 29.5 Å². The number of carbonyl (C=O) groups is 1. The molecule has 0 saturated carbocycles. The highest BCUT2D eigenvalue weighted by Crippen LogP contribution is 2.31. The Balaban J connectivity index is 1.50. The Hall–Kier alpha value is -3.67. The number of methoxy groups -OCH3 is 1. The van der Waals surface area contributed by atoms with Crippen molar-refractivity contribution in [2.75, 3.05) is 18.6 Å². The van der Waals surface area contributed by atoms with E-state index in [0.29, 0.717) is 29.1 Å². The molecule has 28 heavy (non-hydrogen) atoms. The molecular weight excluding hydrogens is 354 g/mol. The summed E-state index contributed by atoms with van der Waals surface area (Å²) in [6, 6.07) is 15.0. The third-order valence-corrected chi connectivity index (χ3v) is 4.98. The maximum atomic E-state index is 13.0. The summed E-state index contributed by atoms with van der Waals surface area (Å²) in [6.07, 6.45) is 4.20. The minimum Gasteiger partial charge on any atom is -0.497 e. The zero-order valence-electron chi connectivity index (χ0n) is 15.3. The maximum Gasteiger partial charge on any atom is 0.258 e. The molecule has 138 valence electrons. The van der Waals surface area contributed by atoms with E-state index in [1.807, 2.05) is 48.5 Å². The van der Waals surface area contributed by atoms with Crippen LogP contribution in [0.3, 0.4) is 0 Å². The van der Waals surface area contributed by atoms with E-state index in [1.54, 1.807) is 24.4 Å². The number of nitrogens with zero attached hydrogens (tertiary/aromatic N) is 3. The first-order valence-corrected chi connectivity index (χ1v) is 9.03. The van der Waals surface area contributed by atoms with Gasteiger partial charge in [0.15, 0.2) is 5.58 Å². The van der Waals surface area contributed by atoms with Gasteiger partial charge in [0.05, 0.1) is 12.7 Å². The quantitative estimate of drug-likeness (QED) is 0.542. The van der Waals surface area contributed by atoms with Crippen molar-refractivity contribution < 1.29 is 13.9 Å². The van der Waals surface area contributed by atoms with Gasteiger partial charge in [0.25, 0.3) is 5.91 Å². The average molecular weight is 371 g/mol. The van der Waals surface area contributed by atoms with Gasteiger partial charge in [-0.1, -0.05) is 0 Å². The van der Waals surface area contributed by atoms with Crippen molar-refractivity contribution >= 4 is 22.7 Å². The summed E-state index contributed by atoms with van der Waals surface area (Å²) in [7, 11) is 1.63. The Morgan fingerprint density at radius 3 is 2.89 bits per heavy atom. The highest BCUT2D eigenvalue weighted by Gasteiger charge is 2.26. The van der Waals surface area contributed by atoms with E-state index < -0.39 is 0 Å². The zero-order chi connectivity index (χ0) is 19.1. The largest absolute Gasteiger partial charge is 0.497 e. The maximum absolute atomic E-state index is 13.0. The molecule has 3 heterocycles. The van der Waals surface area contributed by atoms with Crippen LogP contribution in [0.1, 0.15) is 15.9 Å². The number of ether oxygens (including phenoxy) is 1. The van der Waals surface area contributed by atoms with Crippen LogP contribution < -0.4 is 9.64 Å². The monoisotopic (exact) mass is 371 g/mol. The van der Waals surface area contributed by atoms with E-state index in [1.165, 1.54) is 0 Å². The molecule has 0 N–H and O–H groups in total. The molecule has 5 rings (SSSR count). The number of hydrogen-bond acceptors (Lipinski definition) is 5. The smallest absolute Gasteiger partial charge is 0.258 e. The molecule has 0 radical (unpaired) electrons. The van der Waals surface area contributed by atoms with Crippen LogP contribution in [0.15, 0.2) is 65.3 Å². The van der Waals surface area contributed by atoms with Crippen LogP contribution in [0.25, 0.3) is 22.6 Å². The molecule has 1 amide bonds. The summed E-state index contributed by atoms with van der Waals surface area (Å²) in [5.41, 5.74) is 4.74. The molecule has 2 aromatic carbocycles. The lowest BCUT2D eigenvalue weighted by Crippen LogP contribution is -2.37. The molecular formula is C22H17N3O3. The lowest BCUT2D eigenvalue weighted by Gasteiger charge is -2.28. The van der Waals surface area contributed by atoms with Gasteiger partial charge in [-0.2, -0.15) is 0 Å². The van der Waals surface area contributed by atoms with Crippen LogP contribution in [0, 0.1) is 0 Å². The highest BCUT2D eigenvalue weighted by atomic mass is 16.5. The summed E-state index contributed by atoms with van der Waals surface area (Å²) in [4.78, 5) is 23.5. The molecule has 0 atom stereocenters. The third kappa shape index (κ3) is 2.70. The van der Waals surface area contributed by atoms with Crippen LogP contribution >= 0.6 is 0 Å². The lowest BCUT2D eigenvalue weighted by molar-refractivity contribution is 0.0980. The fourth-order valence-corrected chi connectivity index (χ4v) is 3.53. The number of amides is 1. The summed E-state index contributed by atoms with van der Waals surface area (Å²) in [5.74, 6) is 1.27. The highest BCUT2D eigenvalue weighted by molar-refractivity contribution is 6.08. The summed E-state index contributed by atoms with van der Waals surface area (Å²) in [6.45, 7) is 0.609. The molecule has 0 fully saturated rings. The van der Waals surface area contributed by atoms with Gasteiger partial charge >= 0.3 is 0 Å². The second-order valence-electron chi connectivity index (χ2n) is 6.64. The number of aromatic nitrogens is 2. The molecule has 0 bridgehead atoms. The van der Waals surface area contributed by atoms with Crippen molar-refractivity contribution in [3.63, 3.8) is 0 Å². The van der Waals surface area contributed by atoms with Crippen molar-refractivity contribution in [3.05, 3.63) is 72.1 Å². The second-order valence-corrected chi connectivity index (χ2v) is 6.64. The van der Waals surface area contributed by atoms with Crippen LogP contribution in [0.5, 0.6) is 5.75 Å². The number of rotatable bonds is 3. The molecule has 0 unspecified atom stereocenters. The van der Waals surface area contributed by atoms with E-state index >= 15 is 0 Å². The SMILES string of the molecule is COc1ccc2c(c1)CCN(c1ccc3oc(-c4cccnc4)nc3c1)C2=O. The summed E-state index contributed by atoms with van der Waals surface area (Å²) < 4.78 is 11.1. The molecule has 0 spiro atoms. The first-order valence-electron chi connectivity index (χ1n) is 9.03. The molecule has 1 aliphatic heterocycles. The third-order valence-electron chi connectivity index (χ3n) is 4.98. The van der Waals surface area contributed by atoms with Crippen molar-refractivity contribution in [2.45, 2.75) is 6.42 Å². The number of pyridine rings is 1. The normalized spacial score (nSPS) is 13.6. The van der Waals surface area contributed by atoms with Gasteiger partial charge in [0, 0.05) is 30.2 Å². The minimum absolute atomic E-state index is 0.0146. The van der Waals surface area contributed by atoms with Crippen LogP contribution in [0.2, 0.25) is 0 Å². The molecule has 6 heteroatoms. The first kappa shape index (κ1) is 16.5. The van der Waals surface area contributed by atoms with Crippen molar-refractivity contribution in [1.29, 1.82) is 0 Å². The van der Waals surface area contributed by atoms with E-state index in [4.69, 9.17) is 9.15 Å². The minimum atomic E-state index is -0.0146. The number of carbonyl (C=O) groups excluding carboxylic acids is 1. The summed E-state index contributed by atoms with van der Waals surface area (Å²) in [5, 5.41) is 0. The molecule has 2 aromatic heterocycles. The standard InChI is InChI=1S/C22H17N3O3/c1-27-17-5-6-18-14(11-17)8-10-25(22(18)26)16-4-7-20-19(12-16)24-21(28-20)15-3-2-9-23-13-15/h2-7,9,11-13H,8,10H2,1H3. The Kier molecular flexibility index (Phi) is 3.83. The predicted molar refractivity (Wildman–Crippen MR) is 106 cm³/mol. The van der Waals surface area contributed by atoms with Gasteiger partial charge in [0.1, 0.15) is 11.3 Å². The van der Waals surface area contributed by atoms with E-state index in [9.17, 15) is 4.79 Å². The van der Waals surface area contributed by atoms with E-state index in [0.717, 1.165) is 29.0 Å². The van der Waals surface area contributed by atoms with Crippen molar-refractivity contribution in [3.8, 4) is 17.2 Å².